The smallest absolute Gasteiger partial charge is 0.164 e. The molecule has 1 N–H and O–H groups in total. The number of nitrogens with one attached hydrogen (secondary N) is 1. The summed E-state index contributed by atoms with van der Waals surface area (Å²) in [5, 5.41) is 7.71. The fraction of sp³-hybridized carbons (Fsp3) is 0.467. The Balaban J connectivity index is 1.93. The molecule has 1 aromatic heterocycles. The molecular formula is C15H22N4O. The van der Waals surface area contributed by atoms with Gasteiger partial charge >= 0.3 is 0 Å². The summed E-state index contributed by atoms with van der Waals surface area (Å²) >= 11 is 0. The van der Waals surface area contributed by atoms with Crippen LogP contribution in [0.1, 0.15) is 22.5 Å². The fourth-order valence-corrected chi connectivity index (χ4v) is 2.01. The molecule has 0 amide bonds. The molecule has 1 aromatic carbocycles. The third-order valence-corrected chi connectivity index (χ3v) is 3.19. The molecule has 5 heteroatoms. The third-order valence-electron chi connectivity index (χ3n) is 3.19. The van der Waals surface area contributed by atoms with Gasteiger partial charge in [-0.25, -0.2) is 9.67 Å². The summed E-state index contributed by atoms with van der Waals surface area (Å²) in [6.45, 7) is 7.17. The van der Waals surface area contributed by atoms with Crippen molar-refractivity contribution >= 4 is 0 Å². The van der Waals surface area contributed by atoms with Gasteiger partial charge in [0.1, 0.15) is 6.33 Å². The van der Waals surface area contributed by atoms with Gasteiger partial charge in [0.15, 0.2) is 5.82 Å². The van der Waals surface area contributed by atoms with Crippen molar-refractivity contribution in [3.05, 3.63) is 47.0 Å². The van der Waals surface area contributed by atoms with Crippen LogP contribution in [0.3, 0.4) is 0 Å². The third kappa shape index (κ3) is 4.15. The van der Waals surface area contributed by atoms with Crippen molar-refractivity contribution in [1.29, 1.82) is 0 Å². The van der Waals surface area contributed by atoms with Crippen molar-refractivity contribution in [1.82, 2.24) is 20.1 Å². The van der Waals surface area contributed by atoms with Gasteiger partial charge in [-0.2, -0.15) is 5.10 Å². The van der Waals surface area contributed by atoms with Gasteiger partial charge in [0.2, 0.25) is 0 Å². The quantitative estimate of drug-likeness (QED) is 0.781. The van der Waals surface area contributed by atoms with Gasteiger partial charge in [0.25, 0.3) is 0 Å². The van der Waals surface area contributed by atoms with Gasteiger partial charge in [-0.05, 0) is 25.0 Å². The first-order valence-corrected chi connectivity index (χ1v) is 6.83. The zero-order chi connectivity index (χ0) is 14.4. The second-order valence-electron chi connectivity index (χ2n) is 4.96. The number of ether oxygens (including phenoxy) is 1. The Morgan fingerprint density at radius 1 is 1.30 bits per heavy atom. The highest BCUT2D eigenvalue weighted by molar-refractivity contribution is 5.30. The van der Waals surface area contributed by atoms with Gasteiger partial charge in [0.05, 0.1) is 19.7 Å². The van der Waals surface area contributed by atoms with Gasteiger partial charge < -0.3 is 10.1 Å². The maximum absolute atomic E-state index is 4.98. The Kier molecular flexibility index (Phi) is 5.26. The Morgan fingerprint density at radius 2 is 2.15 bits per heavy atom. The molecule has 0 atom stereocenters. The normalized spacial score (nSPS) is 10.9. The molecule has 0 unspecified atom stereocenters. The number of benzene rings is 1. The van der Waals surface area contributed by atoms with E-state index in [-0.39, 0.29) is 0 Å². The van der Waals surface area contributed by atoms with E-state index in [1.54, 1.807) is 13.4 Å². The molecule has 1 heterocycles. The molecule has 0 bridgehead atoms. The van der Waals surface area contributed by atoms with E-state index < -0.39 is 0 Å². The van der Waals surface area contributed by atoms with E-state index in [0.29, 0.717) is 13.2 Å². The molecule has 0 radical (unpaired) electrons. The highest BCUT2D eigenvalue weighted by Crippen LogP contribution is 2.11. The number of aromatic nitrogens is 3. The van der Waals surface area contributed by atoms with Crippen LogP contribution in [0.5, 0.6) is 0 Å². The van der Waals surface area contributed by atoms with Crippen LogP contribution < -0.4 is 5.32 Å². The van der Waals surface area contributed by atoms with Crippen molar-refractivity contribution in [2.75, 3.05) is 20.3 Å². The second kappa shape index (κ2) is 7.17. The predicted molar refractivity (Wildman–Crippen MR) is 78.6 cm³/mol. The predicted octanol–water partition coefficient (Wildman–Crippen LogP) is 1.68. The van der Waals surface area contributed by atoms with Crippen molar-refractivity contribution in [2.24, 2.45) is 0 Å². The molecule has 0 saturated heterocycles. The zero-order valence-electron chi connectivity index (χ0n) is 12.4. The van der Waals surface area contributed by atoms with Crippen LogP contribution in [0.2, 0.25) is 0 Å². The Labute approximate surface area is 120 Å². The van der Waals surface area contributed by atoms with Gasteiger partial charge in [0, 0.05) is 13.7 Å². The lowest BCUT2D eigenvalue weighted by atomic mass is 10.1. The fourth-order valence-electron chi connectivity index (χ4n) is 2.01. The van der Waals surface area contributed by atoms with Crippen molar-refractivity contribution < 1.29 is 4.74 Å². The summed E-state index contributed by atoms with van der Waals surface area (Å²) in [7, 11) is 1.69. The summed E-state index contributed by atoms with van der Waals surface area (Å²) < 4.78 is 6.86. The molecule has 0 aliphatic heterocycles. The summed E-state index contributed by atoms with van der Waals surface area (Å²) in [5.74, 6) is 0.811. The van der Waals surface area contributed by atoms with Gasteiger partial charge in [-0.3, -0.25) is 0 Å². The first kappa shape index (κ1) is 14.7. The maximum Gasteiger partial charge on any atom is 0.164 e. The number of hydrogen-bond acceptors (Lipinski definition) is 4. The zero-order valence-corrected chi connectivity index (χ0v) is 12.4. The highest BCUT2D eigenvalue weighted by Gasteiger charge is 2.04. The summed E-state index contributed by atoms with van der Waals surface area (Å²) in [6.07, 6.45) is 1.79. The van der Waals surface area contributed by atoms with Gasteiger partial charge in [-0.1, -0.05) is 23.8 Å². The number of methoxy groups -OCH3 is 1. The van der Waals surface area contributed by atoms with E-state index in [1.165, 1.54) is 16.7 Å². The largest absolute Gasteiger partial charge is 0.383 e. The maximum atomic E-state index is 4.98. The summed E-state index contributed by atoms with van der Waals surface area (Å²) in [5.41, 5.74) is 3.84. The minimum Gasteiger partial charge on any atom is -0.383 e. The van der Waals surface area contributed by atoms with Gasteiger partial charge in [-0.15, -0.1) is 0 Å². The second-order valence-corrected chi connectivity index (χ2v) is 4.96. The molecule has 2 rings (SSSR count). The monoisotopic (exact) mass is 274 g/mol. The van der Waals surface area contributed by atoms with E-state index >= 15 is 0 Å². The number of hydrogen-bond donors (Lipinski definition) is 1. The van der Waals surface area contributed by atoms with Crippen LogP contribution in [0, 0.1) is 13.8 Å². The van der Waals surface area contributed by atoms with Crippen molar-refractivity contribution in [3.63, 3.8) is 0 Å². The highest BCUT2D eigenvalue weighted by atomic mass is 16.5. The Bertz CT molecular complexity index is 551. The van der Waals surface area contributed by atoms with Crippen LogP contribution in [-0.2, 0) is 17.8 Å². The Hall–Kier alpha value is -1.72. The van der Waals surface area contributed by atoms with Crippen molar-refractivity contribution in [3.8, 4) is 0 Å². The van der Waals surface area contributed by atoms with Crippen LogP contribution in [0.4, 0.5) is 0 Å². The molecule has 5 nitrogen and oxygen atoms in total. The average molecular weight is 274 g/mol. The molecule has 20 heavy (non-hydrogen) atoms. The van der Waals surface area contributed by atoms with Crippen LogP contribution in [-0.4, -0.2) is 35.0 Å². The first-order chi connectivity index (χ1) is 9.69. The lowest BCUT2D eigenvalue weighted by Crippen LogP contribution is -2.19. The molecule has 0 saturated carbocycles. The molecule has 2 aromatic rings. The number of aryl methyl sites for hydroxylation is 2. The van der Waals surface area contributed by atoms with E-state index in [1.807, 2.05) is 4.68 Å². The minimum atomic E-state index is 0.670. The summed E-state index contributed by atoms with van der Waals surface area (Å²) in [4.78, 5) is 4.31. The SMILES string of the molecule is COCCNCc1ncn(Cc2cc(C)ccc2C)n1. The van der Waals surface area contributed by atoms with Crippen molar-refractivity contribution in [2.45, 2.75) is 26.9 Å². The lowest BCUT2D eigenvalue weighted by molar-refractivity contribution is 0.199. The van der Waals surface area contributed by atoms with E-state index in [0.717, 1.165) is 18.9 Å². The standard InChI is InChI=1S/C15H22N4O/c1-12-4-5-13(2)14(8-12)10-19-11-17-15(18-19)9-16-6-7-20-3/h4-5,8,11,16H,6-7,9-10H2,1-3H3. The molecule has 0 fully saturated rings. The number of nitrogens with zero attached hydrogens (tertiary/aromatic N) is 3. The van der Waals surface area contributed by atoms with Crippen LogP contribution >= 0.6 is 0 Å². The minimum absolute atomic E-state index is 0.670. The molecule has 108 valence electrons. The van der Waals surface area contributed by atoms with E-state index in [2.05, 4.69) is 47.4 Å². The Morgan fingerprint density at radius 3 is 2.95 bits per heavy atom. The average Bonchev–Trinajstić information content (AvgIpc) is 2.87. The van der Waals surface area contributed by atoms with Crippen LogP contribution in [0.15, 0.2) is 24.5 Å². The molecule has 0 aliphatic carbocycles. The topological polar surface area (TPSA) is 52.0 Å². The molecule has 0 aliphatic rings. The van der Waals surface area contributed by atoms with Crippen LogP contribution in [0.25, 0.3) is 0 Å². The van der Waals surface area contributed by atoms with E-state index in [9.17, 15) is 0 Å². The molecular weight excluding hydrogens is 252 g/mol. The number of rotatable bonds is 7. The lowest BCUT2D eigenvalue weighted by Gasteiger charge is -2.06. The molecule has 0 spiro atoms. The van der Waals surface area contributed by atoms with E-state index in [4.69, 9.17) is 4.74 Å². The summed E-state index contributed by atoms with van der Waals surface area (Å²) in [6, 6.07) is 6.48. The first-order valence-electron chi connectivity index (χ1n) is 6.83.